The summed E-state index contributed by atoms with van der Waals surface area (Å²) in [5.74, 6) is -0.963. The average Bonchev–Trinajstić information content (AvgIpc) is 2.97. The van der Waals surface area contributed by atoms with Crippen molar-refractivity contribution in [2.24, 2.45) is 0 Å². The Kier molecular flexibility index (Phi) is 4.12. The molecule has 23 heavy (non-hydrogen) atoms. The van der Waals surface area contributed by atoms with Gasteiger partial charge in [0, 0.05) is 11.3 Å². The third-order valence-electron chi connectivity index (χ3n) is 3.71. The second-order valence-electron chi connectivity index (χ2n) is 5.24. The van der Waals surface area contributed by atoms with Gasteiger partial charge >= 0.3 is 5.97 Å². The van der Waals surface area contributed by atoms with Crippen molar-refractivity contribution >= 4 is 28.1 Å². The molecule has 4 nitrogen and oxygen atoms in total. The van der Waals surface area contributed by atoms with Gasteiger partial charge in [-0.1, -0.05) is 53.8 Å². The summed E-state index contributed by atoms with van der Waals surface area (Å²) in [6.07, 6.45) is 0. The smallest absolute Gasteiger partial charge is 0.348 e. The summed E-state index contributed by atoms with van der Waals surface area (Å²) >= 11 is 1.15. The van der Waals surface area contributed by atoms with E-state index in [2.05, 4.69) is 10.3 Å². The standard InChI is InChI=1S/C18H16N2O2S/c1-11-7-6-10-14(12(11)2)19-18-20-15(16(23-18)17(21)22)13-8-4-3-5-9-13/h3-10H,1-2H3,(H,19,20)(H,21,22). The average molecular weight is 324 g/mol. The second-order valence-corrected chi connectivity index (χ2v) is 6.24. The number of aromatic carboxylic acids is 1. The highest BCUT2D eigenvalue weighted by molar-refractivity contribution is 7.18. The Bertz CT molecular complexity index is 857. The van der Waals surface area contributed by atoms with Gasteiger partial charge in [0.15, 0.2) is 5.13 Å². The monoisotopic (exact) mass is 324 g/mol. The quantitative estimate of drug-likeness (QED) is 0.719. The number of carboxylic acid groups (broad SMARTS) is 1. The zero-order valence-corrected chi connectivity index (χ0v) is 13.6. The van der Waals surface area contributed by atoms with Crippen molar-refractivity contribution in [2.45, 2.75) is 13.8 Å². The molecule has 0 atom stereocenters. The molecular weight excluding hydrogens is 308 g/mol. The zero-order chi connectivity index (χ0) is 16.4. The predicted molar refractivity (Wildman–Crippen MR) is 93.7 cm³/mol. The number of aromatic nitrogens is 1. The minimum absolute atomic E-state index is 0.240. The van der Waals surface area contributed by atoms with E-state index in [4.69, 9.17) is 0 Å². The molecule has 3 aromatic rings. The second kappa shape index (κ2) is 6.22. The number of hydrogen-bond acceptors (Lipinski definition) is 4. The van der Waals surface area contributed by atoms with Gasteiger partial charge in [-0.25, -0.2) is 9.78 Å². The Morgan fingerprint density at radius 1 is 1.09 bits per heavy atom. The van der Waals surface area contributed by atoms with Crippen LogP contribution in [0.3, 0.4) is 0 Å². The van der Waals surface area contributed by atoms with Crippen LogP contribution in [0.5, 0.6) is 0 Å². The molecule has 1 heterocycles. The number of hydrogen-bond donors (Lipinski definition) is 2. The van der Waals surface area contributed by atoms with Gasteiger partial charge < -0.3 is 10.4 Å². The summed E-state index contributed by atoms with van der Waals surface area (Å²) in [5, 5.41) is 13.3. The molecule has 2 N–H and O–H groups in total. The van der Waals surface area contributed by atoms with Crippen molar-refractivity contribution < 1.29 is 9.90 Å². The van der Waals surface area contributed by atoms with Crippen LogP contribution in [0.4, 0.5) is 10.8 Å². The van der Waals surface area contributed by atoms with Gasteiger partial charge in [-0.3, -0.25) is 0 Å². The molecule has 5 heteroatoms. The fourth-order valence-corrected chi connectivity index (χ4v) is 3.15. The van der Waals surface area contributed by atoms with Crippen LogP contribution in [0.25, 0.3) is 11.3 Å². The van der Waals surface area contributed by atoms with E-state index >= 15 is 0 Å². The topological polar surface area (TPSA) is 62.2 Å². The van der Waals surface area contributed by atoms with Gasteiger partial charge in [-0.2, -0.15) is 0 Å². The van der Waals surface area contributed by atoms with Gasteiger partial charge in [0.25, 0.3) is 0 Å². The first-order valence-corrected chi connectivity index (χ1v) is 8.00. The number of thiazole rings is 1. The van der Waals surface area contributed by atoms with Crippen molar-refractivity contribution in [1.29, 1.82) is 0 Å². The summed E-state index contributed by atoms with van der Waals surface area (Å²) < 4.78 is 0. The normalized spacial score (nSPS) is 10.5. The third-order valence-corrected chi connectivity index (χ3v) is 4.67. The summed E-state index contributed by atoms with van der Waals surface area (Å²) in [6.45, 7) is 4.07. The highest BCUT2D eigenvalue weighted by Crippen LogP contribution is 2.33. The van der Waals surface area contributed by atoms with E-state index < -0.39 is 5.97 Å². The molecule has 2 aromatic carbocycles. The number of rotatable bonds is 4. The Hall–Kier alpha value is -2.66. The van der Waals surface area contributed by atoms with Gasteiger partial charge in [-0.15, -0.1) is 0 Å². The number of carbonyl (C=O) groups is 1. The SMILES string of the molecule is Cc1cccc(Nc2nc(-c3ccccc3)c(C(=O)O)s2)c1C. The molecule has 0 amide bonds. The van der Waals surface area contributed by atoms with Gasteiger partial charge in [0.2, 0.25) is 0 Å². The van der Waals surface area contributed by atoms with E-state index in [0.29, 0.717) is 10.8 Å². The molecule has 116 valence electrons. The van der Waals surface area contributed by atoms with Gasteiger partial charge in [-0.05, 0) is 31.0 Å². The Morgan fingerprint density at radius 3 is 2.52 bits per heavy atom. The van der Waals surface area contributed by atoms with Crippen LogP contribution >= 0.6 is 11.3 Å². The molecule has 0 saturated carbocycles. The van der Waals surface area contributed by atoms with Crippen molar-refractivity contribution in [3.8, 4) is 11.3 Å². The van der Waals surface area contributed by atoms with Crippen LogP contribution in [0, 0.1) is 13.8 Å². The summed E-state index contributed by atoms with van der Waals surface area (Å²) in [4.78, 5) is 16.3. The van der Waals surface area contributed by atoms with Crippen LogP contribution in [0.1, 0.15) is 20.8 Å². The first-order chi connectivity index (χ1) is 11.1. The maximum atomic E-state index is 11.5. The minimum atomic E-state index is -0.963. The lowest BCUT2D eigenvalue weighted by Gasteiger charge is -2.08. The molecule has 1 aromatic heterocycles. The maximum Gasteiger partial charge on any atom is 0.348 e. The van der Waals surface area contributed by atoms with E-state index in [1.54, 1.807) is 0 Å². The zero-order valence-electron chi connectivity index (χ0n) is 12.8. The molecule has 3 rings (SSSR count). The summed E-state index contributed by atoms with van der Waals surface area (Å²) in [5.41, 5.74) is 4.54. The van der Waals surface area contributed by atoms with E-state index in [-0.39, 0.29) is 4.88 Å². The van der Waals surface area contributed by atoms with Crippen molar-refractivity contribution in [3.05, 3.63) is 64.5 Å². The lowest BCUT2D eigenvalue weighted by atomic mass is 10.1. The first-order valence-electron chi connectivity index (χ1n) is 7.19. The molecule has 0 radical (unpaired) electrons. The number of nitrogens with one attached hydrogen (secondary N) is 1. The number of nitrogens with zero attached hydrogens (tertiary/aromatic N) is 1. The van der Waals surface area contributed by atoms with Crippen LogP contribution < -0.4 is 5.32 Å². The van der Waals surface area contributed by atoms with Crippen molar-refractivity contribution in [1.82, 2.24) is 4.98 Å². The maximum absolute atomic E-state index is 11.5. The molecule has 0 aliphatic heterocycles. The van der Waals surface area contributed by atoms with Crippen LogP contribution in [-0.2, 0) is 0 Å². The van der Waals surface area contributed by atoms with Crippen LogP contribution in [-0.4, -0.2) is 16.1 Å². The molecule has 0 unspecified atom stereocenters. The number of aryl methyl sites for hydroxylation is 1. The number of carboxylic acids is 1. The fraction of sp³-hybridized carbons (Fsp3) is 0.111. The summed E-state index contributed by atoms with van der Waals surface area (Å²) in [6, 6.07) is 15.3. The van der Waals surface area contributed by atoms with Gasteiger partial charge in [0.05, 0.1) is 5.69 Å². The lowest BCUT2D eigenvalue weighted by Crippen LogP contribution is -1.95. The molecule has 0 bridgehead atoms. The van der Waals surface area contributed by atoms with Crippen molar-refractivity contribution in [2.75, 3.05) is 5.32 Å². The highest BCUT2D eigenvalue weighted by Gasteiger charge is 2.19. The number of anilines is 2. The Labute approximate surface area is 138 Å². The van der Waals surface area contributed by atoms with E-state index in [1.807, 2.05) is 62.4 Å². The summed E-state index contributed by atoms with van der Waals surface area (Å²) in [7, 11) is 0. The predicted octanol–water partition coefficient (Wildman–Crippen LogP) is 4.87. The molecule has 0 aliphatic carbocycles. The molecular formula is C18H16N2O2S. The van der Waals surface area contributed by atoms with E-state index in [0.717, 1.165) is 28.2 Å². The lowest BCUT2D eigenvalue weighted by molar-refractivity contribution is 0.0702. The first kappa shape index (κ1) is 15.2. The third kappa shape index (κ3) is 3.10. The highest BCUT2D eigenvalue weighted by atomic mass is 32.1. The molecule has 0 spiro atoms. The molecule has 0 saturated heterocycles. The van der Waals surface area contributed by atoms with E-state index in [1.165, 1.54) is 5.56 Å². The molecule has 0 fully saturated rings. The fourth-order valence-electron chi connectivity index (χ4n) is 2.31. The minimum Gasteiger partial charge on any atom is -0.477 e. The Morgan fingerprint density at radius 2 is 1.83 bits per heavy atom. The van der Waals surface area contributed by atoms with Gasteiger partial charge in [0.1, 0.15) is 4.88 Å². The van der Waals surface area contributed by atoms with E-state index in [9.17, 15) is 9.90 Å². The molecule has 0 aliphatic rings. The van der Waals surface area contributed by atoms with Crippen molar-refractivity contribution in [3.63, 3.8) is 0 Å². The van der Waals surface area contributed by atoms with Crippen LogP contribution in [0.15, 0.2) is 48.5 Å². The largest absolute Gasteiger partial charge is 0.477 e. The van der Waals surface area contributed by atoms with Crippen LogP contribution in [0.2, 0.25) is 0 Å². The number of benzene rings is 2. The Balaban J connectivity index is 2.02.